The highest BCUT2D eigenvalue weighted by atomic mass is 79.9. The predicted octanol–water partition coefficient (Wildman–Crippen LogP) is 2.44. The minimum absolute atomic E-state index is 0. The van der Waals surface area contributed by atoms with Crippen LogP contribution < -0.4 is 17.0 Å². The molecule has 3 aliphatic heterocycles. The highest BCUT2D eigenvalue weighted by molar-refractivity contribution is 5.97. The molecule has 3 fully saturated rings. The van der Waals surface area contributed by atoms with Gasteiger partial charge in [-0.1, -0.05) is 24.3 Å². The number of rotatable bonds is 8. The summed E-state index contributed by atoms with van der Waals surface area (Å²) in [6, 6.07) is 17.9. The van der Waals surface area contributed by atoms with Crippen LogP contribution in [0.4, 0.5) is 8.78 Å². The zero-order valence-electron chi connectivity index (χ0n) is 20.9. The van der Waals surface area contributed by atoms with E-state index in [0.29, 0.717) is 40.2 Å². The maximum atomic E-state index is 14.0. The first-order chi connectivity index (χ1) is 17.8. The number of benzene rings is 3. The molecule has 0 spiro atoms. The first kappa shape index (κ1) is 27.9. The largest absolute Gasteiger partial charge is 1.00 e. The summed E-state index contributed by atoms with van der Waals surface area (Å²) in [4.78, 5) is 26.2. The normalized spacial score (nSPS) is 22.1. The van der Waals surface area contributed by atoms with Gasteiger partial charge in [0.2, 0.25) is 5.78 Å². The Bertz CT molecular complexity index is 1250. The summed E-state index contributed by atoms with van der Waals surface area (Å²) in [5.41, 5.74) is 1.45. The van der Waals surface area contributed by atoms with Crippen molar-refractivity contribution in [1.29, 1.82) is 0 Å². The van der Waals surface area contributed by atoms with Gasteiger partial charge in [-0.25, -0.2) is 8.78 Å². The minimum Gasteiger partial charge on any atom is -1.00 e. The average Bonchev–Trinajstić information content (AvgIpc) is 2.88. The smallest absolute Gasteiger partial charge is 0.307 e. The number of phenolic OH excluding ortho intramolecular Hbond substituents is 1. The fraction of sp³-hybridized carbons (Fsp3) is 0.333. The zero-order chi connectivity index (χ0) is 26.0. The van der Waals surface area contributed by atoms with Gasteiger partial charge in [0.25, 0.3) is 0 Å². The maximum Gasteiger partial charge on any atom is 0.307 e. The summed E-state index contributed by atoms with van der Waals surface area (Å²) in [6.07, 6.45) is 1.16. The van der Waals surface area contributed by atoms with Crippen molar-refractivity contribution in [2.45, 2.75) is 25.4 Å². The quantitative estimate of drug-likeness (QED) is 0.251. The van der Waals surface area contributed by atoms with Gasteiger partial charge in [-0.2, -0.15) is 0 Å². The lowest BCUT2D eigenvalue weighted by atomic mass is 9.75. The molecule has 3 heterocycles. The number of hydrogen-bond acceptors (Lipinski definition) is 4. The number of halogens is 3. The lowest BCUT2D eigenvalue weighted by Gasteiger charge is -2.52. The molecule has 3 saturated heterocycles. The second-order valence-electron chi connectivity index (χ2n) is 10.4. The van der Waals surface area contributed by atoms with Crippen LogP contribution >= 0.6 is 0 Å². The van der Waals surface area contributed by atoms with Crippen molar-refractivity contribution in [3.05, 3.63) is 101 Å². The van der Waals surface area contributed by atoms with Gasteiger partial charge in [-0.05, 0) is 65.6 Å². The van der Waals surface area contributed by atoms with Crippen molar-refractivity contribution >= 4 is 11.8 Å². The lowest BCUT2D eigenvalue weighted by molar-refractivity contribution is -0.939. The van der Waals surface area contributed by atoms with Gasteiger partial charge in [0.15, 0.2) is 6.10 Å². The monoisotopic (exact) mass is 585 g/mol. The molecule has 3 aromatic carbocycles. The van der Waals surface area contributed by atoms with Crippen LogP contribution in [-0.4, -0.2) is 47.5 Å². The number of phenols is 1. The van der Waals surface area contributed by atoms with E-state index in [2.05, 4.69) is 0 Å². The first-order valence-electron chi connectivity index (χ1n) is 12.7. The predicted molar refractivity (Wildman–Crippen MR) is 134 cm³/mol. The van der Waals surface area contributed by atoms with E-state index >= 15 is 0 Å². The Labute approximate surface area is 231 Å². The van der Waals surface area contributed by atoms with Gasteiger partial charge < -0.3 is 31.3 Å². The van der Waals surface area contributed by atoms with Crippen molar-refractivity contribution < 1.29 is 49.7 Å². The molecule has 3 aliphatic rings. The summed E-state index contributed by atoms with van der Waals surface area (Å²) in [7, 11) is 0. The number of piperidine rings is 3. The van der Waals surface area contributed by atoms with Crippen molar-refractivity contribution in [2.24, 2.45) is 11.8 Å². The van der Waals surface area contributed by atoms with Crippen LogP contribution in [0.1, 0.15) is 46.9 Å². The van der Waals surface area contributed by atoms with E-state index in [1.165, 1.54) is 48.5 Å². The van der Waals surface area contributed by atoms with Gasteiger partial charge in [0.05, 0.1) is 26.1 Å². The molecule has 6 rings (SSSR count). The maximum absolute atomic E-state index is 14.0. The van der Waals surface area contributed by atoms with Crippen molar-refractivity contribution in [1.82, 2.24) is 0 Å². The fourth-order valence-electron chi connectivity index (χ4n) is 5.99. The van der Waals surface area contributed by atoms with Crippen LogP contribution in [0.3, 0.4) is 0 Å². The van der Waals surface area contributed by atoms with Crippen molar-refractivity contribution in [3.8, 4) is 5.75 Å². The van der Waals surface area contributed by atoms with Crippen LogP contribution in [0.2, 0.25) is 0 Å². The third-order valence-corrected chi connectivity index (χ3v) is 7.89. The third kappa shape index (κ3) is 6.30. The van der Waals surface area contributed by atoms with Crippen LogP contribution in [0.15, 0.2) is 72.8 Å². The van der Waals surface area contributed by atoms with Gasteiger partial charge in [-0.15, -0.1) is 0 Å². The van der Waals surface area contributed by atoms with Crippen LogP contribution in [0, 0.1) is 23.5 Å². The molecule has 0 aromatic heterocycles. The number of quaternary nitrogens is 1. The Morgan fingerprint density at radius 1 is 0.921 bits per heavy atom. The van der Waals surface area contributed by atoms with Gasteiger partial charge in [-0.3, -0.25) is 9.59 Å². The van der Waals surface area contributed by atoms with E-state index < -0.39 is 23.7 Å². The molecule has 1 N–H and O–H groups in total. The van der Waals surface area contributed by atoms with Crippen molar-refractivity contribution in [2.75, 3.05) is 26.2 Å². The summed E-state index contributed by atoms with van der Waals surface area (Å²) >= 11 is 0. The molecule has 2 bridgehead atoms. The van der Waals surface area contributed by atoms with Crippen LogP contribution in [0.5, 0.6) is 5.75 Å². The standard InChI is InChI=1S/C30H29F2NO4.BrH/c31-25-5-1-3-22(15-25)30(23-4-2-6-26(32)16-23)37-29(36)17-24-18-33(13-11-20(24)12-14-33)19-28(35)21-7-9-27(34)10-8-21;/h1-10,15-16,20,24,30H,11-14,17-19H2;1H/t20?,24-,33?;/m0./s1. The van der Waals surface area contributed by atoms with E-state index in [-0.39, 0.29) is 40.9 Å². The molecule has 5 nitrogen and oxygen atoms in total. The molecule has 8 heteroatoms. The summed E-state index contributed by atoms with van der Waals surface area (Å²) < 4.78 is 34.4. The highest BCUT2D eigenvalue weighted by Crippen LogP contribution is 2.40. The number of carbonyl (C=O) groups is 2. The van der Waals surface area contributed by atoms with E-state index in [1.54, 1.807) is 24.3 Å². The molecule has 3 aromatic rings. The Morgan fingerprint density at radius 2 is 1.50 bits per heavy atom. The molecule has 0 radical (unpaired) electrons. The number of fused-ring (bicyclic) bond motifs is 3. The zero-order valence-corrected chi connectivity index (χ0v) is 22.4. The summed E-state index contributed by atoms with van der Waals surface area (Å²) in [6.45, 7) is 2.87. The second-order valence-corrected chi connectivity index (χ2v) is 10.4. The Hall–Kier alpha value is -3.10. The molecule has 0 amide bonds. The number of aromatic hydroxyl groups is 1. The molecule has 0 unspecified atom stereocenters. The molecule has 0 aliphatic carbocycles. The molecule has 200 valence electrons. The van der Waals surface area contributed by atoms with E-state index in [0.717, 1.165) is 25.9 Å². The number of nitrogens with zero attached hydrogens (tertiary/aromatic N) is 1. The van der Waals surface area contributed by atoms with Gasteiger partial charge in [0, 0.05) is 24.3 Å². The third-order valence-electron chi connectivity index (χ3n) is 7.89. The molecule has 0 saturated carbocycles. The lowest BCUT2D eigenvalue weighted by Crippen LogP contribution is -3.00. The average molecular weight is 586 g/mol. The Balaban J connectivity index is 0.00000336. The van der Waals surface area contributed by atoms with Gasteiger partial charge in [0.1, 0.15) is 23.9 Å². The van der Waals surface area contributed by atoms with Crippen molar-refractivity contribution in [3.63, 3.8) is 0 Å². The number of esters is 1. The summed E-state index contributed by atoms with van der Waals surface area (Å²) in [5, 5.41) is 9.52. The van der Waals surface area contributed by atoms with Gasteiger partial charge >= 0.3 is 5.97 Å². The topological polar surface area (TPSA) is 63.6 Å². The fourth-order valence-corrected chi connectivity index (χ4v) is 5.99. The first-order valence-corrected chi connectivity index (χ1v) is 12.7. The molecule has 38 heavy (non-hydrogen) atoms. The van der Waals surface area contributed by atoms with Crippen LogP contribution in [-0.2, 0) is 9.53 Å². The van der Waals surface area contributed by atoms with E-state index in [1.807, 2.05) is 0 Å². The Morgan fingerprint density at radius 3 is 2.05 bits per heavy atom. The highest BCUT2D eigenvalue weighted by Gasteiger charge is 2.47. The SMILES string of the molecule is O=C(C[C@H]1C[N+]2(CC(=O)c3ccc(O)cc3)CCC1CC2)OC(c1cccc(F)c1)c1cccc(F)c1.[Br-]. The number of hydrogen-bond donors (Lipinski definition) is 1. The Kier molecular flexibility index (Phi) is 8.63. The summed E-state index contributed by atoms with van der Waals surface area (Å²) in [5.74, 6) is -0.731. The molecular weight excluding hydrogens is 556 g/mol. The second kappa shape index (κ2) is 11.7. The van der Waals surface area contributed by atoms with E-state index in [9.17, 15) is 23.5 Å². The number of carbonyl (C=O) groups excluding carboxylic acids is 2. The molecular formula is C30H30BrF2NO4. The minimum atomic E-state index is -0.917. The number of Topliss-reactive ketones (excluding diaryl/α,β-unsaturated/α-hetero) is 1. The molecule has 1 atom stereocenters. The van der Waals surface area contributed by atoms with Crippen LogP contribution in [0.25, 0.3) is 0 Å². The van der Waals surface area contributed by atoms with E-state index in [4.69, 9.17) is 4.74 Å². The number of ketones is 1. The number of ether oxygens (including phenoxy) is 1.